The molecule has 0 bridgehead atoms. The van der Waals surface area contributed by atoms with Crippen LogP contribution in [0.15, 0.2) is 59.7 Å². The van der Waals surface area contributed by atoms with Gasteiger partial charge in [0.15, 0.2) is 0 Å². The molecule has 2 aliphatic rings. The lowest BCUT2D eigenvalue weighted by Gasteiger charge is -2.50. The molecule has 1 unspecified atom stereocenters. The molecule has 0 saturated heterocycles. The van der Waals surface area contributed by atoms with Crippen LogP contribution in [0.3, 0.4) is 0 Å². The van der Waals surface area contributed by atoms with Crippen molar-refractivity contribution in [2.45, 2.75) is 50.5 Å². The molecule has 1 aliphatic heterocycles. The Labute approximate surface area is 175 Å². The molecule has 0 fully saturated rings. The number of likely N-dealkylation sites (N-methyl/N-ethyl adjacent to an activating group) is 1. The monoisotopic (exact) mass is 391 g/mol. The molecule has 2 aromatic rings. The summed E-state index contributed by atoms with van der Waals surface area (Å²) < 4.78 is 11.1. The van der Waals surface area contributed by atoms with Crippen LogP contribution in [0.2, 0.25) is 0 Å². The van der Waals surface area contributed by atoms with Crippen molar-refractivity contribution in [3.63, 3.8) is 0 Å². The highest BCUT2D eigenvalue weighted by molar-refractivity contribution is 5.42. The molecule has 29 heavy (non-hydrogen) atoms. The zero-order valence-corrected chi connectivity index (χ0v) is 18.0. The number of hydrogen-bond donors (Lipinski definition) is 0. The second-order valence-corrected chi connectivity index (χ2v) is 8.51. The van der Waals surface area contributed by atoms with Gasteiger partial charge in [-0.15, -0.1) is 0 Å². The predicted molar refractivity (Wildman–Crippen MR) is 119 cm³/mol. The van der Waals surface area contributed by atoms with Gasteiger partial charge in [0.1, 0.15) is 11.5 Å². The van der Waals surface area contributed by atoms with E-state index in [-0.39, 0.29) is 5.54 Å². The third-order valence-corrected chi connectivity index (χ3v) is 6.95. The van der Waals surface area contributed by atoms with Gasteiger partial charge in [-0.05, 0) is 81.3 Å². The number of nitrogens with zero attached hydrogens (tertiary/aromatic N) is 1. The van der Waals surface area contributed by atoms with Gasteiger partial charge < -0.3 is 9.47 Å². The van der Waals surface area contributed by atoms with Gasteiger partial charge in [-0.1, -0.05) is 41.5 Å². The largest absolute Gasteiger partial charge is 0.497 e. The van der Waals surface area contributed by atoms with E-state index in [1.54, 1.807) is 25.4 Å². The Balaban J connectivity index is 1.79. The first-order chi connectivity index (χ1) is 14.2. The maximum Gasteiger partial charge on any atom is 0.122 e. The zero-order chi connectivity index (χ0) is 20.3. The molecular formula is C26H33NO2. The van der Waals surface area contributed by atoms with Gasteiger partial charge in [-0.2, -0.15) is 0 Å². The number of rotatable bonds is 6. The first kappa shape index (κ1) is 20.0. The Morgan fingerprint density at radius 3 is 2.38 bits per heavy atom. The summed E-state index contributed by atoms with van der Waals surface area (Å²) in [7, 11) is 5.83. The highest BCUT2D eigenvalue weighted by Crippen LogP contribution is 2.45. The van der Waals surface area contributed by atoms with E-state index in [4.69, 9.17) is 9.47 Å². The van der Waals surface area contributed by atoms with E-state index in [0.29, 0.717) is 0 Å². The second kappa shape index (κ2) is 8.62. The Hall–Kier alpha value is -2.26. The Kier molecular flexibility index (Phi) is 5.96. The lowest BCUT2D eigenvalue weighted by atomic mass is 9.69. The molecule has 0 amide bonds. The predicted octanol–water partition coefficient (Wildman–Crippen LogP) is 5.43. The lowest BCUT2D eigenvalue weighted by molar-refractivity contribution is 0.130. The van der Waals surface area contributed by atoms with E-state index in [0.717, 1.165) is 30.9 Å². The molecule has 1 aliphatic carbocycles. The van der Waals surface area contributed by atoms with Crippen LogP contribution in [0.1, 0.15) is 43.2 Å². The topological polar surface area (TPSA) is 21.7 Å². The first-order valence-corrected chi connectivity index (χ1v) is 10.8. The number of para-hydroxylation sites is 1. The minimum Gasteiger partial charge on any atom is -0.497 e. The molecule has 0 spiro atoms. The summed E-state index contributed by atoms with van der Waals surface area (Å²) in [6.07, 6.45) is 8.38. The van der Waals surface area contributed by atoms with E-state index in [1.165, 1.54) is 43.2 Å². The van der Waals surface area contributed by atoms with Crippen LogP contribution in [-0.4, -0.2) is 38.3 Å². The standard InChI is InChI=1S/C26H33NO2/c1-27-17-16-21-8-4-6-10-24(21)26(27,18-20-12-14-23(28-2)15-13-20)19-22-9-5-7-11-25(22)29-3/h5,7,9,11-15H,4,6,8,10,16-19H2,1-3H3. The van der Waals surface area contributed by atoms with E-state index in [9.17, 15) is 0 Å². The summed E-state index contributed by atoms with van der Waals surface area (Å²) in [6, 6.07) is 17.2. The van der Waals surface area contributed by atoms with Crippen LogP contribution in [0, 0.1) is 0 Å². The second-order valence-electron chi connectivity index (χ2n) is 8.51. The molecule has 0 aromatic heterocycles. The van der Waals surface area contributed by atoms with E-state index < -0.39 is 0 Å². The summed E-state index contributed by atoms with van der Waals surface area (Å²) in [5, 5.41) is 0. The van der Waals surface area contributed by atoms with E-state index in [1.807, 2.05) is 0 Å². The molecule has 0 saturated carbocycles. The molecule has 0 N–H and O–H groups in total. The molecule has 4 rings (SSSR count). The number of hydrogen-bond acceptors (Lipinski definition) is 3. The van der Waals surface area contributed by atoms with Gasteiger partial charge in [0.25, 0.3) is 0 Å². The van der Waals surface area contributed by atoms with E-state index >= 15 is 0 Å². The van der Waals surface area contributed by atoms with Crippen molar-refractivity contribution in [1.29, 1.82) is 0 Å². The third-order valence-electron chi connectivity index (χ3n) is 6.95. The van der Waals surface area contributed by atoms with Crippen molar-refractivity contribution in [3.8, 4) is 11.5 Å². The summed E-state index contributed by atoms with van der Waals surface area (Å²) in [6.45, 7) is 1.13. The highest BCUT2D eigenvalue weighted by atomic mass is 16.5. The summed E-state index contributed by atoms with van der Waals surface area (Å²) in [5.41, 5.74) is 6.09. The fraction of sp³-hybridized carbons (Fsp3) is 0.462. The molecule has 2 aromatic carbocycles. The molecule has 0 radical (unpaired) electrons. The van der Waals surface area contributed by atoms with Gasteiger partial charge in [-0.3, -0.25) is 4.90 Å². The summed E-state index contributed by atoms with van der Waals surface area (Å²) in [5.74, 6) is 1.92. The maximum atomic E-state index is 5.73. The van der Waals surface area contributed by atoms with Crippen molar-refractivity contribution in [2.75, 3.05) is 27.8 Å². The first-order valence-electron chi connectivity index (χ1n) is 10.8. The van der Waals surface area contributed by atoms with E-state index in [2.05, 4.69) is 60.5 Å². The normalized spacial score (nSPS) is 22.3. The number of ether oxygens (including phenoxy) is 2. The minimum absolute atomic E-state index is 0.0111. The summed E-state index contributed by atoms with van der Waals surface area (Å²) in [4.78, 5) is 2.62. The fourth-order valence-electron chi connectivity index (χ4n) is 5.34. The Bertz CT molecular complexity index is 871. The van der Waals surface area contributed by atoms with Gasteiger partial charge in [0, 0.05) is 6.54 Å². The van der Waals surface area contributed by atoms with Crippen LogP contribution < -0.4 is 9.47 Å². The lowest BCUT2D eigenvalue weighted by Crippen LogP contribution is -2.55. The van der Waals surface area contributed by atoms with Gasteiger partial charge in [0.2, 0.25) is 0 Å². The fourth-order valence-corrected chi connectivity index (χ4v) is 5.34. The molecule has 3 heteroatoms. The molecule has 1 atom stereocenters. The van der Waals surface area contributed by atoms with Gasteiger partial charge >= 0.3 is 0 Å². The average Bonchev–Trinajstić information content (AvgIpc) is 2.77. The van der Waals surface area contributed by atoms with Crippen LogP contribution in [-0.2, 0) is 12.8 Å². The quantitative estimate of drug-likeness (QED) is 0.613. The number of benzene rings is 2. The molecule has 1 heterocycles. The highest BCUT2D eigenvalue weighted by Gasteiger charge is 2.43. The van der Waals surface area contributed by atoms with Crippen LogP contribution >= 0.6 is 0 Å². The van der Waals surface area contributed by atoms with Gasteiger partial charge in [-0.25, -0.2) is 0 Å². The third kappa shape index (κ3) is 3.93. The average molecular weight is 392 g/mol. The van der Waals surface area contributed by atoms with Crippen molar-refractivity contribution in [2.24, 2.45) is 0 Å². The van der Waals surface area contributed by atoms with Crippen LogP contribution in [0.4, 0.5) is 0 Å². The summed E-state index contributed by atoms with van der Waals surface area (Å²) >= 11 is 0. The smallest absolute Gasteiger partial charge is 0.122 e. The van der Waals surface area contributed by atoms with Crippen LogP contribution in [0.25, 0.3) is 0 Å². The molecular weight excluding hydrogens is 358 g/mol. The van der Waals surface area contributed by atoms with Crippen molar-refractivity contribution < 1.29 is 9.47 Å². The van der Waals surface area contributed by atoms with Crippen molar-refractivity contribution >= 4 is 0 Å². The molecule has 154 valence electrons. The van der Waals surface area contributed by atoms with Crippen molar-refractivity contribution in [1.82, 2.24) is 4.90 Å². The zero-order valence-electron chi connectivity index (χ0n) is 18.0. The minimum atomic E-state index is 0.0111. The SMILES string of the molecule is COc1ccc(CC2(Cc3ccccc3OC)C3=C(CCCC3)CCN2C)cc1. The van der Waals surface area contributed by atoms with Crippen LogP contribution in [0.5, 0.6) is 11.5 Å². The number of methoxy groups -OCH3 is 2. The Morgan fingerprint density at radius 1 is 0.862 bits per heavy atom. The Morgan fingerprint density at radius 2 is 1.62 bits per heavy atom. The van der Waals surface area contributed by atoms with Crippen molar-refractivity contribution in [3.05, 3.63) is 70.8 Å². The maximum absolute atomic E-state index is 5.73. The molecule has 3 nitrogen and oxygen atoms in total. The van der Waals surface area contributed by atoms with Gasteiger partial charge in [0.05, 0.1) is 19.8 Å².